The largest absolute Gasteiger partial charge is 0.381 e. The highest BCUT2D eigenvalue weighted by molar-refractivity contribution is 6.30. The van der Waals surface area contributed by atoms with Gasteiger partial charge in [-0.1, -0.05) is 23.7 Å². The van der Waals surface area contributed by atoms with Crippen molar-refractivity contribution in [2.24, 2.45) is 11.8 Å². The Morgan fingerprint density at radius 1 is 1.30 bits per heavy atom. The number of amides is 2. The summed E-state index contributed by atoms with van der Waals surface area (Å²) in [7, 11) is 0. The summed E-state index contributed by atoms with van der Waals surface area (Å²) in [5.74, 6) is -0.477. The smallest absolute Gasteiger partial charge is 0.234 e. The number of benzene rings is 1. The van der Waals surface area contributed by atoms with Crippen LogP contribution in [0.25, 0.3) is 0 Å². The predicted octanol–water partition coefficient (Wildman–Crippen LogP) is 2.12. The van der Waals surface area contributed by atoms with Crippen molar-refractivity contribution in [1.29, 1.82) is 0 Å². The van der Waals surface area contributed by atoms with Crippen LogP contribution in [0.4, 0.5) is 0 Å². The molecule has 1 aromatic carbocycles. The van der Waals surface area contributed by atoms with Crippen LogP contribution in [0.5, 0.6) is 0 Å². The van der Waals surface area contributed by atoms with Gasteiger partial charge in [-0.05, 0) is 36.0 Å². The SMILES string of the molecule is O=C1CC(C2CCOC2)C(c2cccc(Cl)c2)C(=O)N1. The lowest BCUT2D eigenvalue weighted by atomic mass is 9.73. The Morgan fingerprint density at radius 2 is 2.15 bits per heavy atom. The summed E-state index contributed by atoms with van der Waals surface area (Å²) in [4.78, 5) is 24.0. The molecule has 106 valence electrons. The first kappa shape index (κ1) is 13.6. The van der Waals surface area contributed by atoms with Crippen LogP contribution in [0.1, 0.15) is 24.3 Å². The van der Waals surface area contributed by atoms with Gasteiger partial charge in [-0.2, -0.15) is 0 Å². The van der Waals surface area contributed by atoms with Crippen molar-refractivity contribution in [2.45, 2.75) is 18.8 Å². The van der Waals surface area contributed by atoms with E-state index in [0.29, 0.717) is 24.7 Å². The van der Waals surface area contributed by atoms with Crippen LogP contribution < -0.4 is 5.32 Å². The molecule has 2 fully saturated rings. The zero-order valence-electron chi connectivity index (χ0n) is 11.0. The Balaban J connectivity index is 1.94. The van der Waals surface area contributed by atoms with Crippen LogP contribution in [-0.4, -0.2) is 25.0 Å². The summed E-state index contributed by atoms with van der Waals surface area (Å²) >= 11 is 6.02. The van der Waals surface area contributed by atoms with Crippen molar-refractivity contribution in [3.8, 4) is 0 Å². The maximum absolute atomic E-state index is 12.3. The number of piperidine rings is 1. The third-order valence-corrected chi connectivity index (χ3v) is 4.41. The number of ether oxygens (including phenoxy) is 1. The minimum atomic E-state index is -0.321. The lowest BCUT2D eigenvalue weighted by Crippen LogP contribution is -2.46. The highest BCUT2D eigenvalue weighted by atomic mass is 35.5. The van der Waals surface area contributed by atoms with Gasteiger partial charge in [0.1, 0.15) is 0 Å². The summed E-state index contributed by atoms with van der Waals surface area (Å²) in [5.41, 5.74) is 0.874. The van der Waals surface area contributed by atoms with Gasteiger partial charge in [0.05, 0.1) is 5.92 Å². The molecule has 2 aliphatic rings. The molecule has 4 nitrogen and oxygen atoms in total. The number of imide groups is 1. The second-order valence-corrected chi connectivity index (χ2v) is 5.87. The Morgan fingerprint density at radius 3 is 2.85 bits per heavy atom. The van der Waals surface area contributed by atoms with Crippen molar-refractivity contribution in [3.05, 3.63) is 34.9 Å². The molecule has 3 rings (SSSR count). The molecule has 1 N–H and O–H groups in total. The van der Waals surface area contributed by atoms with Gasteiger partial charge in [0, 0.05) is 24.7 Å². The molecule has 0 aliphatic carbocycles. The Kier molecular flexibility index (Phi) is 3.76. The minimum absolute atomic E-state index is 0.00258. The molecule has 0 spiro atoms. The van der Waals surface area contributed by atoms with E-state index in [2.05, 4.69) is 5.32 Å². The van der Waals surface area contributed by atoms with Crippen LogP contribution in [0.2, 0.25) is 5.02 Å². The lowest BCUT2D eigenvalue weighted by Gasteiger charge is -2.33. The fourth-order valence-corrected chi connectivity index (χ4v) is 3.42. The summed E-state index contributed by atoms with van der Waals surface area (Å²) in [6.45, 7) is 1.33. The summed E-state index contributed by atoms with van der Waals surface area (Å²) in [6, 6.07) is 7.33. The summed E-state index contributed by atoms with van der Waals surface area (Å²) < 4.78 is 5.42. The second kappa shape index (κ2) is 5.54. The van der Waals surface area contributed by atoms with Crippen molar-refractivity contribution in [1.82, 2.24) is 5.32 Å². The third kappa shape index (κ3) is 2.58. The molecule has 3 atom stereocenters. The number of hydrogen-bond acceptors (Lipinski definition) is 3. The molecule has 2 saturated heterocycles. The van der Waals surface area contributed by atoms with Crippen LogP contribution in [0.3, 0.4) is 0 Å². The first-order valence-corrected chi connectivity index (χ1v) is 7.20. The van der Waals surface area contributed by atoms with Gasteiger partial charge in [-0.3, -0.25) is 14.9 Å². The molecule has 5 heteroatoms. The van der Waals surface area contributed by atoms with Crippen LogP contribution >= 0.6 is 11.6 Å². The zero-order valence-corrected chi connectivity index (χ0v) is 11.7. The fourth-order valence-electron chi connectivity index (χ4n) is 3.22. The quantitative estimate of drug-likeness (QED) is 0.850. The molecule has 2 aliphatic heterocycles. The van der Waals surface area contributed by atoms with Gasteiger partial charge in [0.15, 0.2) is 0 Å². The van der Waals surface area contributed by atoms with E-state index in [1.807, 2.05) is 18.2 Å². The molecule has 0 bridgehead atoms. The van der Waals surface area contributed by atoms with Crippen molar-refractivity contribution in [3.63, 3.8) is 0 Å². The lowest BCUT2D eigenvalue weighted by molar-refractivity contribution is -0.137. The Hall–Kier alpha value is -1.39. The van der Waals surface area contributed by atoms with Crippen LogP contribution in [0.15, 0.2) is 24.3 Å². The summed E-state index contributed by atoms with van der Waals surface area (Å²) in [5, 5.41) is 3.04. The van der Waals surface area contributed by atoms with E-state index in [1.54, 1.807) is 6.07 Å². The number of carbonyl (C=O) groups is 2. The number of halogens is 1. The summed E-state index contributed by atoms with van der Waals surface area (Å²) in [6.07, 6.45) is 1.28. The molecule has 2 amide bonds. The van der Waals surface area contributed by atoms with E-state index in [1.165, 1.54) is 0 Å². The van der Waals surface area contributed by atoms with Gasteiger partial charge in [0.25, 0.3) is 0 Å². The van der Waals surface area contributed by atoms with E-state index in [9.17, 15) is 9.59 Å². The molecule has 0 radical (unpaired) electrons. The topological polar surface area (TPSA) is 55.4 Å². The Bertz CT molecular complexity index is 540. The van der Waals surface area contributed by atoms with E-state index in [-0.39, 0.29) is 29.6 Å². The van der Waals surface area contributed by atoms with Gasteiger partial charge < -0.3 is 4.74 Å². The predicted molar refractivity (Wildman–Crippen MR) is 74.4 cm³/mol. The van der Waals surface area contributed by atoms with Crippen molar-refractivity contribution >= 4 is 23.4 Å². The van der Waals surface area contributed by atoms with Crippen molar-refractivity contribution < 1.29 is 14.3 Å². The first-order chi connectivity index (χ1) is 9.65. The average molecular weight is 294 g/mol. The molecule has 0 saturated carbocycles. The number of rotatable bonds is 2. The molecule has 3 unspecified atom stereocenters. The monoisotopic (exact) mass is 293 g/mol. The van der Waals surface area contributed by atoms with Gasteiger partial charge in [-0.25, -0.2) is 0 Å². The van der Waals surface area contributed by atoms with Crippen LogP contribution in [0, 0.1) is 11.8 Å². The highest BCUT2D eigenvalue weighted by Gasteiger charge is 2.42. The van der Waals surface area contributed by atoms with Gasteiger partial charge >= 0.3 is 0 Å². The van der Waals surface area contributed by atoms with Crippen LogP contribution in [-0.2, 0) is 14.3 Å². The fraction of sp³-hybridized carbons (Fsp3) is 0.467. The first-order valence-electron chi connectivity index (χ1n) is 6.82. The number of carbonyl (C=O) groups excluding carboxylic acids is 2. The van der Waals surface area contributed by atoms with E-state index < -0.39 is 0 Å². The number of nitrogens with one attached hydrogen (secondary N) is 1. The van der Waals surface area contributed by atoms with Gasteiger partial charge in [-0.15, -0.1) is 0 Å². The molecule has 1 aromatic rings. The zero-order chi connectivity index (χ0) is 14.1. The molecule has 20 heavy (non-hydrogen) atoms. The van der Waals surface area contributed by atoms with E-state index >= 15 is 0 Å². The maximum Gasteiger partial charge on any atom is 0.234 e. The van der Waals surface area contributed by atoms with E-state index in [4.69, 9.17) is 16.3 Å². The average Bonchev–Trinajstić information content (AvgIpc) is 2.91. The Labute approximate surface area is 122 Å². The highest BCUT2D eigenvalue weighted by Crippen LogP contribution is 2.39. The minimum Gasteiger partial charge on any atom is -0.381 e. The van der Waals surface area contributed by atoms with Gasteiger partial charge in [0.2, 0.25) is 11.8 Å². The number of hydrogen-bond donors (Lipinski definition) is 1. The molecule has 0 aromatic heterocycles. The molecular formula is C15H16ClNO3. The third-order valence-electron chi connectivity index (χ3n) is 4.17. The standard InChI is InChI=1S/C15H16ClNO3/c16-11-3-1-2-9(6-11)14-12(10-4-5-20-8-10)7-13(18)17-15(14)19/h1-3,6,10,12,14H,4-5,7-8H2,(H,17,18,19). The molecular weight excluding hydrogens is 278 g/mol. The van der Waals surface area contributed by atoms with Crippen molar-refractivity contribution in [2.75, 3.05) is 13.2 Å². The van der Waals surface area contributed by atoms with E-state index in [0.717, 1.165) is 12.0 Å². The normalized spacial score (nSPS) is 30.4. The molecule has 2 heterocycles. The second-order valence-electron chi connectivity index (χ2n) is 5.44. The maximum atomic E-state index is 12.3.